The summed E-state index contributed by atoms with van der Waals surface area (Å²) in [5.41, 5.74) is 0.527. The molecule has 1 N–H and O–H groups in total. The van der Waals surface area contributed by atoms with E-state index in [4.69, 9.17) is 11.6 Å². The van der Waals surface area contributed by atoms with Gasteiger partial charge in [-0.3, -0.25) is 0 Å². The molecule has 110 valence electrons. The van der Waals surface area contributed by atoms with Crippen molar-refractivity contribution in [3.05, 3.63) is 56.7 Å². The third kappa shape index (κ3) is 1.81. The number of fused-ring (bicyclic) bond motifs is 2. The lowest BCUT2D eigenvalue weighted by Crippen LogP contribution is -2.45. The van der Waals surface area contributed by atoms with Crippen molar-refractivity contribution in [2.75, 3.05) is 5.88 Å². The lowest BCUT2D eigenvalue weighted by Gasteiger charge is -2.03. The first kappa shape index (κ1) is 14.0. The number of aliphatic hydroxyl groups is 1. The van der Waals surface area contributed by atoms with E-state index >= 15 is 0 Å². The summed E-state index contributed by atoms with van der Waals surface area (Å²) >= 11 is 10.8. The lowest BCUT2D eigenvalue weighted by atomic mass is 10.3. The third-order valence-corrected chi connectivity index (χ3v) is 5.42. The molecule has 0 amide bonds. The fourth-order valence-corrected chi connectivity index (χ4v) is 4.21. The molecule has 22 heavy (non-hydrogen) atoms. The smallest absolute Gasteiger partial charge is 0.390 e. The molecule has 0 saturated carbocycles. The molecule has 0 atom stereocenters. The highest BCUT2D eigenvalue weighted by Gasteiger charge is 2.29. The summed E-state index contributed by atoms with van der Waals surface area (Å²) in [6.45, 7) is 0. The Bertz CT molecular complexity index is 1120. The molecule has 0 spiro atoms. The Labute approximate surface area is 142 Å². The summed E-state index contributed by atoms with van der Waals surface area (Å²) in [7, 11) is 0. The fraction of sp³-hybridized carbons (Fsp3) is 0.0667. The second-order valence-corrected chi connectivity index (χ2v) is 7.12. The molecule has 0 saturated heterocycles. The minimum Gasteiger partial charge on any atom is -0.506 e. The maximum Gasteiger partial charge on any atom is 0.390 e. The van der Waals surface area contributed by atoms with Crippen molar-refractivity contribution in [3.63, 3.8) is 0 Å². The SMILES string of the molecule is O=c1/c(=C(/O)CCl)[n+]2cccc3sc4ccc(Br)cc4n1-c32. The first-order valence-corrected chi connectivity index (χ1v) is 8.61. The van der Waals surface area contributed by atoms with Crippen LogP contribution < -0.4 is 15.3 Å². The number of pyridine rings is 1. The van der Waals surface area contributed by atoms with Crippen molar-refractivity contribution >= 4 is 59.5 Å². The molecule has 4 rings (SSSR count). The maximum absolute atomic E-state index is 12.9. The van der Waals surface area contributed by atoms with Crippen molar-refractivity contribution in [2.45, 2.75) is 0 Å². The van der Waals surface area contributed by atoms with Gasteiger partial charge in [-0.2, -0.15) is 8.97 Å². The van der Waals surface area contributed by atoms with Gasteiger partial charge < -0.3 is 5.11 Å². The summed E-state index contributed by atoms with van der Waals surface area (Å²) < 4.78 is 6.18. The van der Waals surface area contributed by atoms with Crippen molar-refractivity contribution in [1.29, 1.82) is 0 Å². The summed E-state index contributed by atoms with van der Waals surface area (Å²) in [6, 6.07) is 9.64. The van der Waals surface area contributed by atoms with E-state index in [9.17, 15) is 9.90 Å². The number of imidazole rings is 1. The van der Waals surface area contributed by atoms with E-state index in [1.165, 1.54) is 0 Å². The van der Waals surface area contributed by atoms with Crippen LogP contribution in [0.3, 0.4) is 0 Å². The van der Waals surface area contributed by atoms with Gasteiger partial charge in [0.1, 0.15) is 4.70 Å². The molecule has 0 radical (unpaired) electrons. The highest BCUT2D eigenvalue weighted by Crippen LogP contribution is 2.29. The monoisotopic (exact) mass is 395 g/mol. The number of halogens is 2. The maximum atomic E-state index is 12.9. The zero-order valence-corrected chi connectivity index (χ0v) is 14.2. The summed E-state index contributed by atoms with van der Waals surface area (Å²) in [5, 5.41) is 10.3. The van der Waals surface area contributed by atoms with Crippen molar-refractivity contribution in [3.8, 4) is 5.82 Å². The van der Waals surface area contributed by atoms with Gasteiger partial charge in [0.05, 0.1) is 16.8 Å². The molecular formula is C15H9BrClN2O2S+. The number of nitrogens with zero attached hydrogens (tertiary/aromatic N) is 2. The Morgan fingerprint density at radius 2 is 2.18 bits per heavy atom. The van der Waals surface area contributed by atoms with Crippen LogP contribution in [-0.4, -0.2) is 15.6 Å². The van der Waals surface area contributed by atoms with Gasteiger partial charge in [0.2, 0.25) is 0 Å². The number of rotatable bonds is 1. The number of aromatic nitrogens is 2. The second kappa shape index (κ2) is 4.94. The van der Waals surface area contributed by atoms with Crippen LogP contribution in [-0.2, 0) is 0 Å². The van der Waals surface area contributed by atoms with Crippen LogP contribution in [0.25, 0.3) is 26.5 Å². The number of aliphatic hydroxyl groups excluding tert-OH is 1. The number of benzene rings is 1. The summed E-state index contributed by atoms with van der Waals surface area (Å²) in [4.78, 5) is 12.9. The zero-order valence-electron chi connectivity index (χ0n) is 11.1. The molecule has 0 unspecified atom stereocenters. The molecule has 4 nitrogen and oxygen atoms in total. The van der Waals surface area contributed by atoms with E-state index in [0.29, 0.717) is 0 Å². The van der Waals surface area contributed by atoms with E-state index in [0.717, 1.165) is 25.2 Å². The van der Waals surface area contributed by atoms with E-state index in [1.807, 2.05) is 30.3 Å². The Morgan fingerprint density at radius 1 is 1.36 bits per heavy atom. The molecule has 7 heteroatoms. The van der Waals surface area contributed by atoms with Gasteiger partial charge in [-0.05, 0) is 24.3 Å². The van der Waals surface area contributed by atoms with Crippen LogP contribution in [0, 0.1) is 0 Å². The second-order valence-electron chi connectivity index (χ2n) is 4.85. The summed E-state index contributed by atoms with van der Waals surface area (Å²) in [5.74, 6) is 0.514. The molecule has 1 aromatic carbocycles. The minimum absolute atomic E-state index is 0.107. The predicted octanol–water partition coefficient (Wildman–Crippen LogP) is 2.62. The Hall–Kier alpha value is -1.63. The quantitative estimate of drug-likeness (QED) is 0.305. The molecular weight excluding hydrogens is 388 g/mol. The van der Waals surface area contributed by atoms with Gasteiger partial charge in [-0.1, -0.05) is 15.9 Å². The van der Waals surface area contributed by atoms with Gasteiger partial charge in [-0.15, -0.1) is 22.9 Å². The first-order chi connectivity index (χ1) is 10.6. The van der Waals surface area contributed by atoms with Crippen molar-refractivity contribution in [1.82, 2.24) is 4.57 Å². The Morgan fingerprint density at radius 3 is 2.95 bits per heavy atom. The number of hydrogen-bond donors (Lipinski definition) is 1. The largest absolute Gasteiger partial charge is 0.506 e. The number of hydrogen-bond acceptors (Lipinski definition) is 3. The number of alkyl halides is 1. The van der Waals surface area contributed by atoms with Crippen molar-refractivity contribution < 1.29 is 9.51 Å². The Balaban J connectivity index is 2.41. The normalized spacial score (nSPS) is 13.4. The predicted molar refractivity (Wildman–Crippen MR) is 91.4 cm³/mol. The minimum atomic E-state index is -0.273. The molecule has 2 aromatic rings. The van der Waals surface area contributed by atoms with Crippen LogP contribution in [0.1, 0.15) is 0 Å². The molecule has 1 aromatic heterocycles. The molecule has 3 heterocycles. The van der Waals surface area contributed by atoms with Gasteiger partial charge in [0.25, 0.3) is 5.35 Å². The molecule has 2 aliphatic heterocycles. The fourth-order valence-electron chi connectivity index (χ4n) is 2.68. The van der Waals surface area contributed by atoms with E-state index < -0.39 is 0 Å². The van der Waals surface area contributed by atoms with Crippen LogP contribution in [0.2, 0.25) is 0 Å². The van der Waals surface area contributed by atoms with Crippen LogP contribution >= 0.6 is 38.9 Å². The van der Waals surface area contributed by atoms with E-state index in [-0.39, 0.29) is 22.5 Å². The average Bonchev–Trinajstić information content (AvgIpc) is 2.82. The summed E-state index contributed by atoms with van der Waals surface area (Å²) in [6.07, 6.45) is 1.76. The standard InChI is InChI=1S/C15H8BrClN2O2S/c16-8-3-4-11-9(6-8)19-14-12(22-11)2-1-5-18(14)13(15(19)21)10(20)7-17/h1-6H,7H2/p+1. The van der Waals surface area contributed by atoms with E-state index in [1.54, 1.807) is 26.5 Å². The highest BCUT2D eigenvalue weighted by molar-refractivity contribution is 9.10. The van der Waals surface area contributed by atoms with Crippen molar-refractivity contribution in [2.24, 2.45) is 0 Å². The molecule has 2 aliphatic rings. The highest BCUT2D eigenvalue weighted by atomic mass is 79.9. The van der Waals surface area contributed by atoms with E-state index in [2.05, 4.69) is 15.9 Å². The molecule has 0 fully saturated rings. The molecule has 0 bridgehead atoms. The van der Waals surface area contributed by atoms with Gasteiger partial charge in [0.15, 0.2) is 11.3 Å². The van der Waals surface area contributed by atoms with Gasteiger partial charge in [0, 0.05) is 10.5 Å². The van der Waals surface area contributed by atoms with Gasteiger partial charge >= 0.3 is 11.4 Å². The molecule has 0 aliphatic carbocycles. The zero-order chi connectivity index (χ0) is 15.4. The van der Waals surface area contributed by atoms with Crippen LogP contribution in [0.4, 0.5) is 0 Å². The van der Waals surface area contributed by atoms with Gasteiger partial charge in [-0.25, -0.2) is 4.79 Å². The lowest BCUT2D eigenvalue weighted by molar-refractivity contribution is -0.543. The topological polar surface area (TPSA) is 46.3 Å². The average molecular weight is 397 g/mol. The third-order valence-electron chi connectivity index (χ3n) is 3.57. The Kier molecular flexibility index (Phi) is 3.14. The van der Waals surface area contributed by atoms with Crippen LogP contribution in [0.5, 0.6) is 0 Å². The van der Waals surface area contributed by atoms with Crippen LogP contribution in [0.15, 0.2) is 45.8 Å². The first-order valence-electron chi connectivity index (χ1n) is 6.47.